The van der Waals surface area contributed by atoms with Crippen LogP contribution in [0.5, 0.6) is 5.75 Å². The van der Waals surface area contributed by atoms with E-state index in [9.17, 15) is 14.0 Å². The number of nitrogens with zero attached hydrogens (tertiary/aromatic N) is 3. The Bertz CT molecular complexity index is 1030. The molecule has 3 aromatic rings. The highest BCUT2D eigenvalue weighted by atomic mass is 19.1. The molecule has 0 aliphatic rings. The molecule has 0 unspecified atom stereocenters. The van der Waals surface area contributed by atoms with E-state index in [4.69, 9.17) is 4.74 Å². The molecule has 0 fully saturated rings. The zero-order valence-corrected chi connectivity index (χ0v) is 13.8. The standard InChI is InChI=1S/C18H15FN4O3/c1-26-14-5-2-12(3-6-14)9-21-22-17(24)10-23-11-20-16-8-13(19)4-7-15(16)18(23)25/h2-9,11H,10H2,1H3,(H,22,24)/b21-9+. The van der Waals surface area contributed by atoms with Crippen LogP contribution in [0.4, 0.5) is 4.39 Å². The van der Waals surface area contributed by atoms with Gasteiger partial charge in [0.05, 0.1) is 30.6 Å². The fourth-order valence-electron chi connectivity index (χ4n) is 2.30. The molecule has 0 atom stereocenters. The maximum atomic E-state index is 13.2. The third-order valence-corrected chi connectivity index (χ3v) is 3.62. The Morgan fingerprint density at radius 2 is 2.08 bits per heavy atom. The second-order valence-corrected chi connectivity index (χ2v) is 5.41. The van der Waals surface area contributed by atoms with E-state index in [0.717, 1.165) is 10.1 Å². The molecular formula is C18H15FN4O3. The summed E-state index contributed by atoms with van der Waals surface area (Å²) in [5.41, 5.74) is 2.93. The number of fused-ring (bicyclic) bond motifs is 1. The molecule has 0 aliphatic carbocycles. The van der Waals surface area contributed by atoms with E-state index < -0.39 is 17.3 Å². The Kier molecular flexibility index (Phi) is 5.02. The van der Waals surface area contributed by atoms with Crippen LogP contribution in [0.2, 0.25) is 0 Å². The van der Waals surface area contributed by atoms with Crippen LogP contribution in [-0.4, -0.2) is 28.8 Å². The van der Waals surface area contributed by atoms with Crippen molar-refractivity contribution in [3.8, 4) is 5.75 Å². The third kappa shape index (κ3) is 3.92. The quantitative estimate of drug-likeness (QED) is 0.558. The van der Waals surface area contributed by atoms with Crippen molar-refractivity contribution in [2.75, 3.05) is 7.11 Å². The minimum atomic E-state index is -0.486. The number of amides is 1. The van der Waals surface area contributed by atoms with Crippen molar-refractivity contribution < 1.29 is 13.9 Å². The van der Waals surface area contributed by atoms with Crippen LogP contribution >= 0.6 is 0 Å². The molecule has 8 heteroatoms. The zero-order chi connectivity index (χ0) is 18.5. The van der Waals surface area contributed by atoms with Crippen molar-refractivity contribution in [3.05, 3.63) is 70.5 Å². The van der Waals surface area contributed by atoms with Gasteiger partial charge in [-0.25, -0.2) is 14.8 Å². The van der Waals surface area contributed by atoms with E-state index >= 15 is 0 Å². The number of ether oxygens (including phenoxy) is 1. The molecule has 1 N–H and O–H groups in total. The smallest absolute Gasteiger partial charge is 0.261 e. The monoisotopic (exact) mass is 354 g/mol. The van der Waals surface area contributed by atoms with E-state index in [1.807, 2.05) is 0 Å². The summed E-state index contributed by atoms with van der Waals surface area (Å²) in [6.07, 6.45) is 2.68. The Morgan fingerprint density at radius 1 is 1.31 bits per heavy atom. The predicted octanol–water partition coefficient (Wildman–Crippen LogP) is 1.69. The lowest BCUT2D eigenvalue weighted by Gasteiger charge is -2.05. The average molecular weight is 354 g/mol. The van der Waals surface area contributed by atoms with Crippen LogP contribution in [0.25, 0.3) is 10.9 Å². The fourth-order valence-corrected chi connectivity index (χ4v) is 2.30. The van der Waals surface area contributed by atoms with Crippen LogP contribution in [0.3, 0.4) is 0 Å². The highest BCUT2D eigenvalue weighted by Gasteiger charge is 2.08. The largest absolute Gasteiger partial charge is 0.497 e. The second kappa shape index (κ2) is 7.56. The molecule has 0 saturated heterocycles. The van der Waals surface area contributed by atoms with Crippen molar-refractivity contribution >= 4 is 23.0 Å². The number of carbonyl (C=O) groups excluding carboxylic acids is 1. The van der Waals surface area contributed by atoms with Crippen LogP contribution in [0, 0.1) is 5.82 Å². The number of hydrogen-bond donors (Lipinski definition) is 1. The molecule has 1 aromatic heterocycles. The molecule has 1 amide bonds. The molecule has 2 aromatic carbocycles. The van der Waals surface area contributed by atoms with Gasteiger partial charge in [-0.3, -0.25) is 14.2 Å². The first-order valence-corrected chi connectivity index (χ1v) is 7.67. The molecule has 0 bridgehead atoms. The van der Waals surface area contributed by atoms with E-state index in [1.54, 1.807) is 31.4 Å². The molecule has 3 rings (SSSR count). The van der Waals surface area contributed by atoms with Gasteiger partial charge in [-0.15, -0.1) is 0 Å². The lowest BCUT2D eigenvalue weighted by Crippen LogP contribution is -2.30. The van der Waals surface area contributed by atoms with Gasteiger partial charge in [-0.2, -0.15) is 5.10 Å². The Labute approximate surface area is 147 Å². The van der Waals surface area contributed by atoms with Crippen molar-refractivity contribution in [1.82, 2.24) is 15.0 Å². The summed E-state index contributed by atoms with van der Waals surface area (Å²) in [4.78, 5) is 28.2. The minimum absolute atomic E-state index is 0.239. The summed E-state index contributed by atoms with van der Waals surface area (Å²) >= 11 is 0. The van der Waals surface area contributed by atoms with Gasteiger partial charge in [-0.1, -0.05) is 0 Å². The first-order chi connectivity index (χ1) is 12.6. The Hall–Kier alpha value is -3.55. The van der Waals surface area contributed by atoms with Crippen LogP contribution < -0.4 is 15.7 Å². The Morgan fingerprint density at radius 3 is 2.81 bits per heavy atom. The van der Waals surface area contributed by atoms with Crippen molar-refractivity contribution in [1.29, 1.82) is 0 Å². The molecule has 7 nitrogen and oxygen atoms in total. The number of rotatable bonds is 5. The average Bonchev–Trinajstić information content (AvgIpc) is 2.64. The topological polar surface area (TPSA) is 85.6 Å². The summed E-state index contributed by atoms with van der Waals surface area (Å²) in [6.45, 7) is -0.251. The second-order valence-electron chi connectivity index (χ2n) is 5.41. The maximum Gasteiger partial charge on any atom is 0.261 e. The molecule has 0 aliphatic heterocycles. The number of halogens is 1. The molecule has 132 valence electrons. The summed E-state index contributed by atoms with van der Waals surface area (Å²) in [5, 5.41) is 4.09. The van der Waals surface area contributed by atoms with Gasteiger partial charge in [0.2, 0.25) is 0 Å². The number of nitrogens with one attached hydrogen (secondary N) is 1. The fraction of sp³-hybridized carbons (Fsp3) is 0.111. The summed E-state index contributed by atoms with van der Waals surface area (Å²) in [5.74, 6) is -0.248. The molecule has 0 spiro atoms. The minimum Gasteiger partial charge on any atom is -0.497 e. The van der Waals surface area contributed by atoms with Gasteiger partial charge in [0.15, 0.2) is 0 Å². The molecule has 1 heterocycles. The van der Waals surface area contributed by atoms with Crippen LogP contribution in [0.15, 0.2) is 58.7 Å². The normalized spacial score (nSPS) is 11.0. The van der Waals surface area contributed by atoms with E-state index in [2.05, 4.69) is 15.5 Å². The van der Waals surface area contributed by atoms with Gasteiger partial charge < -0.3 is 4.74 Å². The lowest BCUT2D eigenvalue weighted by atomic mass is 10.2. The number of hydrogen-bond acceptors (Lipinski definition) is 5. The first-order valence-electron chi connectivity index (χ1n) is 7.67. The van der Waals surface area contributed by atoms with Crippen LogP contribution in [-0.2, 0) is 11.3 Å². The highest BCUT2D eigenvalue weighted by Crippen LogP contribution is 2.10. The van der Waals surface area contributed by atoms with Gasteiger partial charge in [0.25, 0.3) is 11.5 Å². The van der Waals surface area contributed by atoms with Crippen molar-refractivity contribution in [2.24, 2.45) is 5.10 Å². The third-order valence-electron chi connectivity index (χ3n) is 3.62. The lowest BCUT2D eigenvalue weighted by molar-refractivity contribution is -0.121. The molecular weight excluding hydrogens is 339 g/mol. The van der Waals surface area contributed by atoms with E-state index in [-0.39, 0.29) is 17.4 Å². The number of carbonyl (C=O) groups is 1. The zero-order valence-electron chi connectivity index (χ0n) is 13.8. The summed E-state index contributed by atoms with van der Waals surface area (Å²) < 4.78 is 19.4. The van der Waals surface area contributed by atoms with Crippen molar-refractivity contribution in [3.63, 3.8) is 0 Å². The summed E-state index contributed by atoms with van der Waals surface area (Å²) in [6, 6.07) is 10.8. The molecule has 0 radical (unpaired) electrons. The Balaban J connectivity index is 1.67. The molecule has 26 heavy (non-hydrogen) atoms. The van der Waals surface area contributed by atoms with Gasteiger partial charge in [-0.05, 0) is 42.0 Å². The maximum absolute atomic E-state index is 13.2. The first kappa shape index (κ1) is 17.3. The van der Waals surface area contributed by atoms with Gasteiger partial charge in [0.1, 0.15) is 18.1 Å². The van der Waals surface area contributed by atoms with Crippen LogP contribution in [0.1, 0.15) is 5.56 Å². The van der Waals surface area contributed by atoms with Crippen molar-refractivity contribution in [2.45, 2.75) is 6.54 Å². The van der Waals surface area contributed by atoms with E-state index in [1.165, 1.54) is 30.7 Å². The number of aromatic nitrogens is 2. The van der Waals surface area contributed by atoms with E-state index in [0.29, 0.717) is 5.75 Å². The SMILES string of the molecule is COc1ccc(/C=N/NC(=O)Cn2cnc3cc(F)ccc3c2=O)cc1. The highest BCUT2D eigenvalue weighted by molar-refractivity contribution is 5.82. The predicted molar refractivity (Wildman–Crippen MR) is 94.7 cm³/mol. The number of benzene rings is 2. The van der Waals surface area contributed by atoms with Gasteiger partial charge >= 0.3 is 0 Å². The van der Waals surface area contributed by atoms with Gasteiger partial charge in [0, 0.05) is 6.07 Å². The summed E-state index contributed by atoms with van der Waals surface area (Å²) in [7, 11) is 1.57. The molecule has 0 saturated carbocycles. The number of hydrazone groups is 1. The number of methoxy groups -OCH3 is 1.